The van der Waals surface area contributed by atoms with Gasteiger partial charge in [0.25, 0.3) is 0 Å². The average molecular weight is 223 g/mol. The van der Waals surface area contributed by atoms with E-state index in [2.05, 4.69) is 0 Å². The van der Waals surface area contributed by atoms with Crippen molar-refractivity contribution in [3.63, 3.8) is 0 Å². The first-order valence-electron chi connectivity index (χ1n) is 4.94. The van der Waals surface area contributed by atoms with E-state index in [0.29, 0.717) is 12.2 Å². The van der Waals surface area contributed by atoms with E-state index in [0.717, 1.165) is 0 Å². The van der Waals surface area contributed by atoms with Crippen LogP contribution >= 0.6 is 0 Å². The van der Waals surface area contributed by atoms with Gasteiger partial charge in [-0.15, -0.1) is 0 Å². The number of nitrogens with zero attached hydrogens (tertiary/aromatic N) is 1. The van der Waals surface area contributed by atoms with E-state index >= 15 is 0 Å². The van der Waals surface area contributed by atoms with E-state index in [-0.39, 0.29) is 23.6 Å². The Morgan fingerprint density at radius 3 is 2.69 bits per heavy atom. The summed E-state index contributed by atoms with van der Waals surface area (Å²) in [5.74, 6) is 0.145. The number of hydrogen-bond acceptors (Lipinski definition) is 4. The van der Waals surface area contributed by atoms with Gasteiger partial charge in [0.15, 0.2) is 0 Å². The van der Waals surface area contributed by atoms with Crippen molar-refractivity contribution in [1.82, 2.24) is 0 Å². The number of Topliss-reactive ketones (excluding diaryl/α,β-unsaturated/α-hetero) is 1. The largest absolute Gasteiger partial charge is 0.487 e. The Morgan fingerprint density at radius 1 is 1.50 bits per heavy atom. The predicted molar refractivity (Wildman–Crippen MR) is 58.7 cm³/mol. The summed E-state index contributed by atoms with van der Waals surface area (Å²) in [7, 11) is 0. The lowest BCUT2D eigenvalue weighted by atomic mass is 10.1. The van der Waals surface area contributed by atoms with Crippen molar-refractivity contribution in [3.8, 4) is 5.75 Å². The molecule has 0 aliphatic heterocycles. The molecule has 1 aromatic rings. The molecule has 16 heavy (non-hydrogen) atoms. The maximum absolute atomic E-state index is 11.0. The van der Waals surface area contributed by atoms with Crippen LogP contribution < -0.4 is 4.74 Å². The van der Waals surface area contributed by atoms with Crippen LogP contribution in [0.3, 0.4) is 0 Å². The first-order valence-corrected chi connectivity index (χ1v) is 4.94. The molecule has 5 nitrogen and oxygen atoms in total. The molecular weight excluding hydrogens is 210 g/mol. The SMILES string of the molecule is CCOc1c(CC(C)=O)cccc1[N+](=O)[O-]. The summed E-state index contributed by atoms with van der Waals surface area (Å²) < 4.78 is 5.24. The molecule has 0 spiro atoms. The quantitative estimate of drug-likeness (QED) is 0.566. The van der Waals surface area contributed by atoms with Crippen LogP contribution in [0.2, 0.25) is 0 Å². The van der Waals surface area contributed by atoms with E-state index < -0.39 is 4.92 Å². The minimum absolute atomic E-state index is 0.0542. The van der Waals surface area contributed by atoms with E-state index in [4.69, 9.17) is 4.74 Å². The van der Waals surface area contributed by atoms with E-state index in [1.165, 1.54) is 13.0 Å². The second-order valence-electron chi connectivity index (χ2n) is 3.33. The highest BCUT2D eigenvalue weighted by molar-refractivity contribution is 5.79. The molecule has 0 unspecified atom stereocenters. The Hall–Kier alpha value is -1.91. The van der Waals surface area contributed by atoms with Crippen molar-refractivity contribution in [2.24, 2.45) is 0 Å². The molecule has 1 rings (SSSR count). The van der Waals surface area contributed by atoms with Crippen molar-refractivity contribution >= 4 is 11.5 Å². The van der Waals surface area contributed by atoms with Crippen LogP contribution in [0.4, 0.5) is 5.69 Å². The van der Waals surface area contributed by atoms with E-state index in [1.54, 1.807) is 19.1 Å². The number of para-hydroxylation sites is 1. The van der Waals surface area contributed by atoms with Crippen LogP contribution in [0, 0.1) is 10.1 Å². The van der Waals surface area contributed by atoms with Crippen LogP contribution in [0.5, 0.6) is 5.75 Å². The second kappa shape index (κ2) is 5.25. The van der Waals surface area contributed by atoms with Gasteiger partial charge < -0.3 is 4.74 Å². The number of carbonyl (C=O) groups excluding carboxylic acids is 1. The van der Waals surface area contributed by atoms with Crippen LogP contribution in [0.15, 0.2) is 18.2 Å². The molecular formula is C11H13NO4. The van der Waals surface area contributed by atoms with Gasteiger partial charge in [-0.05, 0) is 13.8 Å². The number of nitro benzene ring substituents is 1. The Morgan fingerprint density at radius 2 is 2.19 bits per heavy atom. The number of rotatable bonds is 5. The Labute approximate surface area is 93.2 Å². The van der Waals surface area contributed by atoms with Gasteiger partial charge in [-0.1, -0.05) is 12.1 Å². The fraction of sp³-hybridized carbons (Fsp3) is 0.364. The zero-order chi connectivity index (χ0) is 12.1. The molecule has 0 aliphatic carbocycles. The first kappa shape index (κ1) is 12.2. The smallest absolute Gasteiger partial charge is 0.311 e. The first-order chi connectivity index (χ1) is 7.56. The molecule has 0 saturated heterocycles. The third-order valence-corrected chi connectivity index (χ3v) is 2.00. The summed E-state index contributed by atoms with van der Waals surface area (Å²) >= 11 is 0. The topological polar surface area (TPSA) is 69.4 Å². The molecule has 0 aromatic heterocycles. The van der Waals surface area contributed by atoms with Gasteiger partial charge in [-0.25, -0.2) is 0 Å². The highest BCUT2D eigenvalue weighted by atomic mass is 16.6. The normalized spacial score (nSPS) is 9.88. The Bertz CT molecular complexity index is 414. The number of carbonyl (C=O) groups is 1. The molecule has 0 amide bonds. The lowest BCUT2D eigenvalue weighted by Crippen LogP contribution is -2.04. The molecule has 86 valence electrons. The van der Waals surface area contributed by atoms with Gasteiger partial charge in [-0.3, -0.25) is 14.9 Å². The molecule has 0 aliphatic rings. The van der Waals surface area contributed by atoms with Gasteiger partial charge in [0.05, 0.1) is 11.5 Å². The lowest BCUT2D eigenvalue weighted by Gasteiger charge is -2.08. The third-order valence-electron chi connectivity index (χ3n) is 2.00. The number of benzene rings is 1. The maximum Gasteiger partial charge on any atom is 0.311 e. The number of hydrogen-bond donors (Lipinski definition) is 0. The number of ether oxygens (including phenoxy) is 1. The fourth-order valence-corrected chi connectivity index (χ4v) is 1.43. The summed E-state index contributed by atoms with van der Waals surface area (Å²) in [5.41, 5.74) is 0.462. The van der Waals surface area contributed by atoms with Crippen LogP contribution in [-0.4, -0.2) is 17.3 Å². The lowest BCUT2D eigenvalue weighted by molar-refractivity contribution is -0.385. The highest BCUT2D eigenvalue weighted by Crippen LogP contribution is 2.31. The Kier molecular flexibility index (Phi) is 3.99. The predicted octanol–water partition coefficient (Wildman–Crippen LogP) is 2.12. The van der Waals surface area contributed by atoms with Crippen molar-refractivity contribution < 1.29 is 14.5 Å². The van der Waals surface area contributed by atoms with Crippen molar-refractivity contribution in [3.05, 3.63) is 33.9 Å². The van der Waals surface area contributed by atoms with Crippen LogP contribution in [0.1, 0.15) is 19.4 Å². The summed E-state index contributed by atoms with van der Waals surface area (Å²) in [6, 6.07) is 4.59. The van der Waals surface area contributed by atoms with E-state index in [1.807, 2.05) is 0 Å². The van der Waals surface area contributed by atoms with Gasteiger partial charge in [0, 0.05) is 18.1 Å². The van der Waals surface area contributed by atoms with E-state index in [9.17, 15) is 14.9 Å². The molecule has 0 N–H and O–H groups in total. The number of nitro groups is 1. The highest BCUT2D eigenvalue weighted by Gasteiger charge is 2.19. The van der Waals surface area contributed by atoms with Crippen molar-refractivity contribution in [2.75, 3.05) is 6.61 Å². The molecule has 1 aromatic carbocycles. The summed E-state index contributed by atoms with van der Waals surface area (Å²) in [4.78, 5) is 21.3. The maximum atomic E-state index is 11.0. The summed E-state index contributed by atoms with van der Waals surface area (Å²) in [5, 5.41) is 10.8. The standard InChI is InChI=1S/C11H13NO4/c1-3-16-11-9(7-8(2)13)5-4-6-10(11)12(14)15/h4-6H,3,7H2,1-2H3. The molecule has 0 fully saturated rings. The van der Waals surface area contributed by atoms with Crippen LogP contribution in [-0.2, 0) is 11.2 Å². The number of ketones is 1. The van der Waals surface area contributed by atoms with Crippen LogP contribution in [0.25, 0.3) is 0 Å². The minimum atomic E-state index is -0.505. The molecule has 0 radical (unpaired) electrons. The third kappa shape index (κ3) is 2.79. The molecule has 0 bridgehead atoms. The molecule has 0 atom stereocenters. The molecule has 0 heterocycles. The average Bonchev–Trinajstić information content (AvgIpc) is 2.19. The molecule has 5 heteroatoms. The van der Waals surface area contributed by atoms with Crippen molar-refractivity contribution in [1.29, 1.82) is 0 Å². The zero-order valence-corrected chi connectivity index (χ0v) is 9.23. The van der Waals surface area contributed by atoms with Gasteiger partial charge in [0.1, 0.15) is 5.78 Å². The zero-order valence-electron chi connectivity index (χ0n) is 9.23. The second-order valence-corrected chi connectivity index (χ2v) is 3.33. The fourth-order valence-electron chi connectivity index (χ4n) is 1.43. The summed E-state index contributed by atoms with van der Waals surface area (Å²) in [6.45, 7) is 3.51. The van der Waals surface area contributed by atoms with Gasteiger partial charge in [-0.2, -0.15) is 0 Å². The van der Waals surface area contributed by atoms with Crippen molar-refractivity contribution in [2.45, 2.75) is 20.3 Å². The van der Waals surface area contributed by atoms with Gasteiger partial charge in [0.2, 0.25) is 5.75 Å². The Balaban J connectivity index is 3.20. The van der Waals surface area contributed by atoms with Gasteiger partial charge >= 0.3 is 5.69 Å². The summed E-state index contributed by atoms with van der Waals surface area (Å²) in [6.07, 6.45) is 0.150. The monoisotopic (exact) mass is 223 g/mol. The molecule has 0 saturated carbocycles. The minimum Gasteiger partial charge on any atom is -0.487 e.